The van der Waals surface area contributed by atoms with Gasteiger partial charge in [-0.05, 0) is 35.9 Å². The fourth-order valence-corrected chi connectivity index (χ4v) is 4.21. The van der Waals surface area contributed by atoms with Crippen LogP contribution in [0.5, 0.6) is 0 Å². The minimum absolute atomic E-state index is 0.215. The molecular weight excluding hydrogens is 390 g/mol. The molecule has 0 atom stereocenters. The zero-order valence-electron chi connectivity index (χ0n) is 13.3. The molecular formula is C17H12ClN5OS2. The van der Waals surface area contributed by atoms with E-state index in [1.165, 1.54) is 22.7 Å². The molecule has 0 aromatic carbocycles. The molecule has 0 spiro atoms. The summed E-state index contributed by atoms with van der Waals surface area (Å²) in [6.07, 6.45) is 5.20. The standard InChI is InChI=1S/C17H12ClN5OS2/c18-14-3-2-13(26-14)17-22-12(10-25-17)16(24)20-9-11-4-6-19-15(8-11)23-7-1-5-21-23/h1-8,10H,9H2,(H,20,24). The summed E-state index contributed by atoms with van der Waals surface area (Å²) >= 11 is 8.82. The number of rotatable bonds is 5. The van der Waals surface area contributed by atoms with Gasteiger partial charge in [0.15, 0.2) is 5.82 Å². The smallest absolute Gasteiger partial charge is 0.271 e. The van der Waals surface area contributed by atoms with E-state index in [4.69, 9.17) is 11.6 Å². The number of carbonyl (C=O) groups is 1. The Balaban J connectivity index is 1.43. The largest absolute Gasteiger partial charge is 0.347 e. The van der Waals surface area contributed by atoms with E-state index >= 15 is 0 Å². The molecule has 0 radical (unpaired) electrons. The topological polar surface area (TPSA) is 72.7 Å². The van der Waals surface area contributed by atoms with Crippen molar-refractivity contribution >= 4 is 40.2 Å². The van der Waals surface area contributed by atoms with Gasteiger partial charge in [-0.3, -0.25) is 4.79 Å². The Morgan fingerprint density at radius 3 is 2.96 bits per heavy atom. The van der Waals surface area contributed by atoms with Crippen LogP contribution in [0, 0.1) is 0 Å². The fraction of sp³-hybridized carbons (Fsp3) is 0.0588. The number of nitrogens with one attached hydrogen (secondary N) is 1. The van der Waals surface area contributed by atoms with Crippen molar-refractivity contribution in [2.75, 3.05) is 0 Å². The number of nitrogens with zero attached hydrogens (tertiary/aromatic N) is 4. The molecule has 0 bridgehead atoms. The van der Waals surface area contributed by atoms with E-state index in [-0.39, 0.29) is 5.91 Å². The second-order valence-electron chi connectivity index (χ2n) is 5.30. The molecule has 6 nitrogen and oxygen atoms in total. The second-order valence-corrected chi connectivity index (χ2v) is 7.87. The first kappa shape index (κ1) is 16.9. The first-order chi connectivity index (χ1) is 12.7. The van der Waals surface area contributed by atoms with Crippen LogP contribution in [0.4, 0.5) is 0 Å². The molecule has 1 amide bonds. The predicted octanol–water partition coefficient (Wildman–Crippen LogP) is 4.04. The molecule has 0 aliphatic rings. The van der Waals surface area contributed by atoms with Crippen LogP contribution in [0.3, 0.4) is 0 Å². The van der Waals surface area contributed by atoms with Gasteiger partial charge in [-0.2, -0.15) is 5.10 Å². The van der Waals surface area contributed by atoms with Gasteiger partial charge in [-0.15, -0.1) is 22.7 Å². The molecule has 0 unspecified atom stereocenters. The molecule has 4 aromatic heterocycles. The molecule has 0 aliphatic heterocycles. The van der Waals surface area contributed by atoms with Crippen LogP contribution in [-0.2, 0) is 6.54 Å². The Morgan fingerprint density at radius 1 is 1.27 bits per heavy atom. The molecule has 0 saturated heterocycles. The summed E-state index contributed by atoms with van der Waals surface area (Å²) in [5, 5.41) is 9.58. The van der Waals surface area contributed by atoms with Gasteiger partial charge in [0.05, 0.1) is 9.21 Å². The molecule has 1 N–H and O–H groups in total. The van der Waals surface area contributed by atoms with Crippen LogP contribution in [0.15, 0.2) is 54.3 Å². The molecule has 4 aromatic rings. The van der Waals surface area contributed by atoms with Gasteiger partial charge in [-0.25, -0.2) is 14.6 Å². The maximum absolute atomic E-state index is 12.4. The van der Waals surface area contributed by atoms with Crippen LogP contribution >= 0.6 is 34.3 Å². The van der Waals surface area contributed by atoms with Gasteiger partial charge < -0.3 is 5.32 Å². The molecule has 0 aliphatic carbocycles. The number of hydrogen-bond donors (Lipinski definition) is 1. The van der Waals surface area contributed by atoms with Crippen molar-refractivity contribution in [3.63, 3.8) is 0 Å². The van der Waals surface area contributed by atoms with Crippen molar-refractivity contribution in [3.8, 4) is 15.7 Å². The second kappa shape index (κ2) is 7.36. The van der Waals surface area contributed by atoms with Crippen molar-refractivity contribution in [2.45, 2.75) is 6.54 Å². The highest BCUT2D eigenvalue weighted by molar-refractivity contribution is 7.23. The summed E-state index contributed by atoms with van der Waals surface area (Å²) < 4.78 is 2.37. The molecule has 0 saturated carbocycles. The lowest BCUT2D eigenvalue weighted by Crippen LogP contribution is -2.23. The molecule has 4 rings (SSSR count). The zero-order chi connectivity index (χ0) is 17.9. The van der Waals surface area contributed by atoms with E-state index in [9.17, 15) is 4.79 Å². The van der Waals surface area contributed by atoms with Crippen LogP contribution in [-0.4, -0.2) is 25.7 Å². The average molecular weight is 402 g/mol. The number of halogens is 1. The van der Waals surface area contributed by atoms with Gasteiger partial charge in [0.1, 0.15) is 10.7 Å². The van der Waals surface area contributed by atoms with Crippen LogP contribution < -0.4 is 5.32 Å². The predicted molar refractivity (Wildman–Crippen MR) is 103 cm³/mol. The number of carbonyl (C=O) groups excluding carboxylic acids is 1. The molecule has 130 valence electrons. The highest BCUT2D eigenvalue weighted by Gasteiger charge is 2.13. The van der Waals surface area contributed by atoms with Crippen molar-refractivity contribution in [3.05, 3.63) is 69.9 Å². The minimum Gasteiger partial charge on any atom is -0.347 e. The molecule has 26 heavy (non-hydrogen) atoms. The minimum atomic E-state index is -0.215. The number of hydrogen-bond acceptors (Lipinski definition) is 6. The van der Waals surface area contributed by atoms with Gasteiger partial charge in [0.2, 0.25) is 0 Å². The number of thiophene rings is 1. The summed E-state index contributed by atoms with van der Waals surface area (Å²) in [4.78, 5) is 22.0. The van der Waals surface area contributed by atoms with Gasteiger partial charge in [-0.1, -0.05) is 11.6 Å². The van der Waals surface area contributed by atoms with Gasteiger partial charge >= 0.3 is 0 Å². The maximum Gasteiger partial charge on any atom is 0.271 e. The summed E-state index contributed by atoms with van der Waals surface area (Å²) in [7, 11) is 0. The van der Waals surface area contributed by atoms with E-state index in [2.05, 4.69) is 20.4 Å². The third-order valence-electron chi connectivity index (χ3n) is 3.52. The quantitative estimate of drug-likeness (QED) is 0.547. The lowest BCUT2D eigenvalue weighted by Gasteiger charge is -2.06. The highest BCUT2D eigenvalue weighted by Crippen LogP contribution is 2.32. The molecule has 9 heteroatoms. The Hall–Kier alpha value is -2.55. The zero-order valence-corrected chi connectivity index (χ0v) is 15.7. The van der Waals surface area contributed by atoms with Crippen LogP contribution in [0.1, 0.15) is 16.1 Å². The maximum atomic E-state index is 12.4. The normalized spacial score (nSPS) is 10.8. The number of amides is 1. The number of aromatic nitrogens is 4. The summed E-state index contributed by atoms with van der Waals surface area (Å²) in [5.74, 6) is 0.486. The Kier molecular flexibility index (Phi) is 4.79. The summed E-state index contributed by atoms with van der Waals surface area (Å²) in [5.41, 5.74) is 1.33. The summed E-state index contributed by atoms with van der Waals surface area (Å²) in [6.45, 7) is 0.382. The first-order valence-corrected chi connectivity index (χ1v) is 9.71. The van der Waals surface area contributed by atoms with Crippen LogP contribution in [0.25, 0.3) is 15.7 Å². The highest BCUT2D eigenvalue weighted by atomic mass is 35.5. The third kappa shape index (κ3) is 3.67. The van der Waals surface area contributed by atoms with Crippen molar-refractivity contribution in [2.24, 2.45) is 0 Å². The lowest BCUT2D eigenvalue weighted by molar-refractivity contribution is 0.0946. The fourth-order valence-electron chi connectivity index (χ4n) is 2.29. The van der Waals surface area contributed by atoms with E-state index in [0.717, 1.165) is 15.4 Å². The Labute approximate surface area is 162 Å². The van der Waals surface area contributed by atoms with Crippen molar-refractivity contribution < 1.29 is 4.79 Å². The lowest BCUT2D eigenvalue weighted by atomic mass is 10.2. The van der Waals surface area contributed by atoms with Crippen molar-refractivity contribution in [1.29, 1.82) is 0 Å². The van der Waals surface area contributed by atoms with Crippen molar-refractivity contribution in [1.82, 2.24) is 25.1 Å². The first-order valence-electron chi connectivity index (χ1n) is 7.63. The van der Waals surface area contributed by atoms with Gasteiger partial charge in [0.25, 0.3) is 5.91 Å². The molecule has 0 fully saturated rings. The molecule has 4 heterocycles. The summed E-state index contributed by atoms with van der Waals surface area (Å²) in [6, 6.07) is 9.29. The average Bonchev–Trinajstić information content (AvgIpc) is 3.40. The van der Waals surface area contributed by atoms with E-state index < -0.39 is 0 Å². The number of thiazole rings is 1. The van der Waals surface area contributed by atoms with Crippen LogP contribution in [0.2, 0.25) is 4.34 Å². The number of pyridine rings is 1. The van der Waals surface area contributed by atoms with E-state index in [1.54, 1.807) is 22.5 Å². The Morgan fingerprint density at radius 2 is 2.19 bits per heavy atom. The third-order valence-corrected chi connectivity index (χ3v) is 5.77. The van der Waals surface area contributed by atoms with E-state index in [1.807, 2.05) is 36.5 Å². The monoisotopic (exact) mass is 401 g/mol. The van der Waals surface area contributed by atoms with Gasteiger partial charge in [0, 0.05) is 30.5 Å². The Bertz CT molecular complexity index is 1040. The SMILES string of the molecule is O=C(NCc1ccnc(-n2cccn2)c1)c1csc(-c2ccc(Cl)s2)n1. The van der Waals surface area contributed by atoms with E-state index in [0.29, 0.717) is 22.4 Å².